The Labute approximate surface area is 186 Å². The van der Waals surface area contributed by atoms with Gasteiger partial charge in [0, 0.05) is 40.6 Å². The van der Waals surface area contributed by atoms with E-state index in [2.05, 4.69) is 15.0 Å². The van der Waals surface area contributed by atoms with Gasteiger partial charge < -0.3 is 14.8 Å². The van der Waals surface area contributed by atoms with Gasteiger partial charge in [-0.25, -0.2) is 0 Å². The largest absolute Gasteiger partial charge is 0.497 e. The van der Waals surface area contributed by atoms with Crippen LogP contribution in [0.1, 0.15) is 28.9 Å². The Hall–Kier alpha value is -3.16. The molecule has 7 heteroatoms. The van der Waals surface area contributed by atoms with Crippen LogP contribution < -0.4 is 4.74 Å². The lowest BCUT2D eigenvalue weighted by atomic mass is 9.91. The third-order valence-corrected chi connectivity index (χ3v) is 6.62. The van der Waals surface area contributed by atoms with Gasteiger partial charge in [-0.2, -0.15) is 5.10 Å². The molecule has 0 spiro atoms. The van der Waals surface area contributed by atoms with Gasteiger partial charge in [0.05, 0.1) is 37.5 Å². The molecule has 0 aliphatic carbocycles. The molecular formula is C25H28N4O3. The van der Waals surface area contributed by atoms with Crippen molar-refractivity contribution in [1.29, 1.82) is 0 Å². The Morgan fingerprint density at radius 3 is 2.78 bits per heavy atom. The van der Waals surface area contributed by atoms with Crippen LogP contribution in [0.2, 0.25) is 0 Å². The Bertz CT molecular complexity index is 1280. The van der Waals surface area contributed by atoms with Crippen molar-refractivity contribution in [3.8, 4) is 5.75 Å². The first kappa shape index (κ1) is 20.7. The highest BCUT2D eigenvalue weighted by Crippen LogP contribution is 2.29. The average Bonchev–Trinajstić information content (AvgIpc) is 3.34. The highest BCUT2D eigenvalue weighted by molar-refractivity contribution is 6.10. The summed E-state index contributed by atoms with van der Waals surface area (Å²) in [6, 6.07) is 13.8. The number of carbonyl (C=O) groups is 1. The molecule has 3 heterocycles. The summed E-state index contributed by atoms with van der Waals surface area (Å²) in [5.74, 6) is 0.824. The third-order valence-electron chi connectivity index (χ3n) is 6.62. The number of H-pyrrole nitrogens is 1. The number of para-hydroxylation sites is 1. The van der Waals surface area contributed by atoms with Crippen molar-refractivity contribution in [1.82, 2.24) is 19.7 Å². The number of hydrogen-bond donors (Lipinski definition) is 2. The second kappa shape index (κ2) is 8.07. The van der Waals surface area contributed by atoms with Crippen LogP contribution in [-0.2, 0) is 6.54 Å². The molecule has 166 valence electrons. The molecule has 7 nitrogen and oxygen atoms in total. The molecule has 5 rings (SSSR count). The molecule has 2 N–H and O–H groups in total. The molecule has 0 bridgehead atoms. The van der Waals surface area contributed by atoms with Gasteiger partial charge in [0.25, 0.3) is 0 Å². The van der Waals surface area contributed by atoms with Gasteiger partial charge in [-0.15, -0.1) is 0 Å². The maximum Gasteiger partial charge on any atom is 0.179 e. The van der Waals surface area contributed by atoms with Crippen LogP contribution in [0.4, 0.5) is 0 Å². The zero-order valence-electron chi connectivity index (χ0n) is 18.5. The first-order valence-corrected chi connectivity index (χ1v) is 11.0. The van der Waals surface area contributed by atoms with Crippen LogP contribution in [0.5, 0.6) is 5.75 Å². The van der Waals surface area contributed by atoms with Crippen LogP contribution in [0.25, 0.3) is 21.8 Å². The normalized spacial score (nSPS) is 16.6. The predicted molar refractivity (Wildman–Crippen MR) is 124 cm³/mol. The summed E-state index contributed by atoms with van der Waals surface area (Å²) in [7, 11) is 1.63. The number of hydrogen-bond acceptors (Lipinski definition) is 5. The lowest BCUT2D eigenvalue weighted by Crippen LogP contribution is -2.48. The van der Waals surface area contributed by atoms with Gasteiger partial charge in [-0.1, -0.05) is 18.2 Å². The van der Waals surface area contributed by atoms with E-state index in [9.17, 15) is 9.90 Å². The highest BCUT2D eigenvalue weighted by Gasteiger charge is 2.34. The Balaban J connectivity index is 1.26. The molecule has 32 heavy (non-hydrogen) atoms. The van der Waals surface area contributed by atoms with E-state index in [1.165, 1.54) is 0 Å². The van der Waals surface area contributed by atoms with E-state index in [0.717, 1.165) is 38.8 Å². The molecule has 2 aromatic carbocycles. The fraction of sp³-hybridized carbons (Fsp3) is 0.360. The van der Waals surface area contributed by atoms with Gasteiger partial charge in [0.15, 0.2) is 5.78 Å². The number of methoxy groups -OCH3 is 1. The van der Waals surface area contributed by atoms with Crippen molar-refractivity contribution in [3.05, 3.63) is 59.9 Å². The van der Waals surface area contributed by atoms with Crippen molar-refractivity contribution < 1.29 is 14.6 Å². The lowest BCUT2D eigenvalue weighted by Gasteiger charge is -2.38. The molecular weight excluding hydrogens is 404 g/mol. The van der Waals surface area contributed by atoms with Crippen LogP contribution >= 0.6 is 0 Å². The van der Waals surface area contributed by atoms with E-state index in [4.69, 9.17) is 4.74 Å². The number of benzene rings is 2. The number of Topliss-reactive ketones (excluding diaryl/α,β-unsaturated/α-hetero) is 1. The molecule has 0 saturated carbocycles. The second-order valence-electron chi connectivity index (χ2n) is 8.82. The summed E-state index contributed by atoms with van der Waals surface area (Å²) < 4.78 is 7.23. The number of ketones is 1. The summed E-state index contributed by atoms with van der Waals surface area (Å²) >= 11 is 0. The maximum atomic E-state index is 13.2. The molecule has 4 aromatic rings. The Kier molecular flexibility index (Phi) is 5.23. The first-order chi connectivity index (χ1) is 15.5. The first-order valence-electron chi connectivity index (χ1n) is 11.0. The van der Waals surface area contributed by atoms with E-state index in [1.54, 1.807) is 7.11 Å². The Morgan fingerprint density at radius 1 is 1.22 bits per heavy atom. The SMILES string of the molecule is COc1ccc2[nH]c(C)c(C(=O)CN3CCC(O)(Cn4ncc5ccccc54)CC3)c2c1. The molecule has 0 atom stereocenters. The molecule has 0 amide bonds. The monoisotopic (exact) mass is 432 g/mol. The number of aliphatic hydroxyl groups is 1. The van der Waals surface area contributed by atoms with Crippen LogP contribution in [-0.4, -0.2) is 62.9 Å². The summed E-state index contributed by atoms with van der Waals surface area (Å²) in [6.45, 7) is 4.08. The highest BCUT2D eigenvalue weighted by atomic mass is 16.5. The van der Waals surface area contributed by atoms with Crippen molar-refractivity contribution in [2.24, 2.45) is 0 Å². The molecule has 1 fully saturated rings. The van der Waals surface area contributed by atoms with Crippen LogP contribution in [0, 0.1) is 6.92 Å². The molecule has 2 aromatic heterocycles. The predicted octanol–water partition coefficient (Wildman–Crippen LogP) is 3.54. The number of carbonyl (C=O) groups excluding carboxylic acids is 1. The van der Waals surface area contributed by atoms with Crippen molar-refractivity contribution >= 4 is 27.6 Å². The summed E-state index contributed by atoms with van der Waals surface area (Å²) in [5, 5.41) is 17.6. The van der Waals surface area contributed by atoms with Crippen molar-refractivity contribution in [2.45, 2.75) is 31.9 Å². The van der Waals surface area contributed by atoms with E-state index >= 15 is 0 Å². The zero-order chi connectivity index (χ0) is 22.3. The smallest absolute Gasteiger partial charge is 0.179 e. The second-order valence-corrected chi connectivity index (χ2v) is 8.82. The van der Waals surface area contributed by atoms with Gasteiger partial charge in [-0.05, 0) is 44.0 Å². The number of nitrogens with zero attached hydrogens (tertiary/aromatic N) is 3. The van der Waals surface area contributed by atoms with E-state index in [0.29, 0.717) is 39.0 Å². The number of likely N-dealkylation sites (tertiary alicyclic amines) is 1. The Morgan fingerprint density at radius 2 is 2.00 bits per heavy atom. The molecule has 0 unspecified atom stereocenters. The number of aromatic nitrogens is 3. The number of rotatable bonds is 6. The molecule has 0 radical (unpaired) electrons. The van der Waals surface area contributed by atoms with Crippen molar-refractivity contribution in [2.75, 3.05) is 26.7 Å². The van der Waals surface area contributed by atoms with Gasteiger partial charge in [-0.3, -0.25) is 14.4 Å². The number of nitrogens with one attached hydrogen (secondary N) is 1. The van der Waals surface area contributed by atoms with Gasteiger partial charge in [0.1, 0.15) is 5.75 Å². The molecule has 1 aliphatic heterocycles. The third kappa shape index (κ3) is 3.78. The quantitative estimate of drug-likeness (QED) is 0.456. The van der Waals surface area contributed by atoms with E-state index in [-0.39, 0.29) is 5.78 Å². The van der Waals surface area contributed by atoms with Crippen molar-refractivity contribution in [3.63, 3.8) is 0 Å². The number of fused-ring (bicyclic) bond motifs is 2. The minimum absolute atomic E-state index is 0.0884. The van der Waals surface area contributed by atoms with Gasteiger partial charge in [0.2, 0.25) is 0 Å². The fourth-order valence-corrected chi connectivity index (χ4v) is 4.79. The number of ether oxygens (including phenoxy) is 1. The lowest BCUT2D eigenvalue weighted by molar-refractivity contribution is -0.0342. The number of piperidine rings is 1. The summed E-state index contributed by atoms with van der Waals surface area (Å²) in [4.78, 5) is 18.6. The maximum absolute atomic E-state index is 13.2. The molecule has 1 aliphatic rings. The number of aromatic amines is 1. The van der Waals surface area contributed by atoms with E-state index in [1.807, 2.05) is 60.3 Å². The standard InChI is InChI=1S/C25H28N4O3/c1-17-24(20-13-19(32-2)7-8-21(20)27-17)23(30)15-28-11-9-25(31,10-12-28)16-29-22-6-4-3-5-18(22)14-26-29/h3-8,13-14,27,31H,9-12,15-16H2,1-2H3. The minimum Gasteiger partial charge on any atom is -0.497 e. The topological polar surface area (TPSA) is 83.4 Å². The fourth-order valence-electron chi connectivity index (χ4n) is 4.79. The van der Waals surface area contributed by atoms with Crippen LogP contribution in [0.15, 0.2) is 48.7 Å². The number of aryl methyl sites for hydroxylation is 1. The van der Waals surface area contributed by atoms with Gasteiger partial charge >= 0.3 is 0 Å². The summed E-state index contributed by atoms with van der Waals surface area (Å²) in [5.41, 5.74) is 2.74. The summed E-state index contributed by atoms with van der Waals surface area (Å²) in [6.07, 6.45) is 3.05. The average molecular weight is 433 g/mol. The molecule has 1 saturated heterocycles. The van der Waals surface area contributed by atoms with E-state index < -0.39 is 5.60 Å². The van der Waals surface area contributed by atoms with Crippen LogP contribution in [0.3, 0.4) is 0 Å². The zero-order valence-corrected chi connectivity index (χ0v) is 18.5. The minimum atomic E-state index is -0.821.